The lowest BCUT2D eigenvalue weighted by Gasteiger charge is -2.25. The molecule has 0 N–H and O–H groups in total. The molecule has 1 atom stereocenters. The van der Waals surface area contributed by atoms with Crippen molar-refractivity contribution in [1.29, 1.82) is 0 Å². The molecule has 16 nitrogen and oxygen atoms in total. The smallest absolute Gasteiger partial charge is 0.343 e. The predicted molar refractivity (Wildman–Crippen MR) is 182 cm³/mol. The van der Waals surface area contributed by atoms with Gasteiger partial charge in [-0.1, -0.05) is 35.6 Å². The van der Waals surface area contributed by atoms with Crippen LogP contribution in [-0.2, 0) is 19.1 Å². The highest BCUT2D eigenvalue weighted by molar-refractivity contribution is 7.07. The summed E-state index contributed by atoms with van der Waals surface area (Å²) in [4.78, 5) is 65.6. The Morgan fingerprint density at radius 1 is 0.941 bits per heavy atom. The fourth-order valence-electron chi connectivity index (χ4n) is 5.19. The maximum Gasteiger partial charge on any atom is 0.343 e. The van der Waals surface area contributed by atoms with Crippen molar-refractivity contribution >= 4 is 40.7 Å². The molecule has 3 aromatic carbocycles. The van der Waals surface area contributed by atoms with Crippen LogP contribution in [0.5, 0.6) is 23.0 Å². The molecule has 51 heavy (non-hydrogen) atoms. The van der Waals surface area contributed by atoms with Crippen molar-refractivity contribution in [2.24, 2.45) is 4.99 Å². The van der Waals surface area contributed by atoms with Crippen LogP contribution < -0.4 is 29.1 Å². The number of carbonyl (C=O) groups is 2. The Balaban J connectivity index is 1.64. The Hall–Kier alpha value is -6.36. The number of para-hydroxylation sites is 1. The second kappa shape index (κ2) is 15.5. The van der Waals surface area contributed by atoms with Crippen molar-refractivity contribution in [2.75, 3.05) is 26.9 Å². The Kier molecular flexibility index (Phi) is 10.9. The molecule has 5 rings (SSSR count). The second-order valence-electron chi connectivity index (χ2n) is 10.6. The van der Waals surface area contributed by atoms with Crippen molar-refractivity contribution in [3.63, 3.8) is 0 Å². The van der Waals surface area contributed by atoms with E-state index in [2.05, 4.69) is 9.73 Å². The summed E-state index contributed by atoms with van der Waals surface area (Å²) in [5.41, 5.74) is -0.346. The van der Waals surface area contributed by atoms with E-state index in [1.54, 1.807) is 57.2 Å². The zero-order chi connectivity index (χ0) is 36.8. The SMILES string of the molecule is CCOC(=O)C1=C(C)N=c2s/c(=C\c3ccccc3Oc3ccc([N+](=O)[O-])cc3[N+](=O)[O-])c(=O)n2[C@H]1c1ccc(OCC(=O)OC)c(OCC)c1. The lowest BCUT2D eigenvalue weighted by Crippen LogP contribution is -2.40. The van der Waals surface area contributed by atoms with Crippen molar-refractivity contribution in [3.05, 3.63) is 123 Å². The highest BCUT2D eigenvalue weighted by Crippen LogP contribution is 2.38. The number of methoxy groups -OCH3 is 1. The average Bonchev–Trinajstić information content (AvgIpc) is 3.41. The molecule has 1 aromatic heterocycles. The molecule has 0 saturated heterocycles. The highest BCUT2D eigenvalue weighted by atomic mass is 32.1. The van der Waals surface area contributed by atoms with Crippen LogP contribution in [0.25, 0.3) is 6.08 Å². The molecule has 0 radical (unpaired) electrons. The number of thiazole rings is 1. The zero-order valence-corrected chi connectivity index (χ0v) is 28.5. The number of benzene rings is 3. The van der Waals surface area contributed by atoms with Crippen LogP contribution in [-0.4, -0.2) is 53.3 Å². The molecule has 0 aliphatic carbocycles. The number of allylic oxidation sites excluding steroid dienone is 1. The van der Waals surface area contributed by atoms with Gasteiger partial charge >= 0.3 is 17.6 Å². The molecular weight excluding hydrogens is 688 g/mol. The van der Waals surface area contributed by atoms with Gasteiger partial charge in [0.15, 0.2) is 22.9 Å². The number of esters is 2. The van der Waals surface area contributed by atoms with Gasteiger partial charge in [0.1, 0.15) is 5.75 Å². The lowest BCUT2D eigenvalue weighted by molar-refractivity contribution is -0.394. The Bertz CT molecular complexity index is 2260. The third kappa shape index (κ3) is 7.62. The standard InChI is InChI=1S/C34H30N4O12S/c1-5-47-27-15-21(11-13-26(27)49-18-29(39)46-4)31-30(33(41)48-6-2)19(3)35-34-36(31)32(40)28(51-34)16-20-9-7-8-10-24(20)50-25-14-12-22(37(42)43)17-23(25)38(44)45/h7-17,31H,5-6,18H2,1-4H3/b28-16-/t31-/m0/s1. The summed E-state index contributed by atoms with van der Waals surface area (Å²) in [6.07, 6.45) is 1.52. The number of nitrogens with zero attached hydrogens (tertiary/aromatic N) is 4. The molecule has 17 heteroatoms. The molecule has 1 aliphatic rings. The molecule has 2 heterocycles. The van der Waals surface area contributed by atoms with Crippen LogP contribution in [0.15, 0.2) is 81.7 Å². The fourth-order valence-corrected chi connectivity index (χ4v) is 6.22. The van der Waals surface area contributed by atoms with Gasteiger partial charge in [-0.15, -0.1) is 0 Å². The van der Waals surface area contributed by atoms with Crippen LogP contribution in [0.2, 0.25) is 0 Å². The van der Waals surface area contributed by atoms with Gasteiger partial charge in [0.2, 0.25) is 5.75 Å². The number of fused-ring (bicyclic) bond motifs is 1. The van der Waals surface area contributed by atoms with Gasteiger partial charge in [-0.05, 0) is 56.7 Å². The average molecular weight is 719 g/mol. The second-order valence-corrected chi connectivity index (χ2v) is 11.6. The van der Waals surface area contributed by atoms with E-state index in [4.69, 9.17) is 18.9 Å². The number of rotatable bonds is 13. The van der Waals surface area contributed by atoms with Gasteiger partial charge in [0.25, 0.3) is 11.2 Å². The van der Waals surface area contributed by atoms with Crippen molar-refractivity contribution in [2.45, 2.75) is 26.8 Å². The van der Waals surface area contributed by atoms with Gasteiger partial charge in [-0.25, -0.2) is 14.6 Å². The van der Waals surface area contributed by atoms with E-state index in [1.165, 1.54) is 23.8 Å². The van der Waals surface area contributed by atoms with Crippen molar-refractivity contribution in [1.82, 2.24) is 4.57 Å². The minimum absolute atomic E-state index is 0.0704. The van der Waals surface area contributed by atoms with E-state index in [0.29, 0.717) is 16.8 Å². The van der Waals surface area contributed by atoms with Crippen LogP contribution in [0.4, 0.5) is 11.4 Å². The quantitative estimate of drug-likeness (QED) is 0.108. The first kappa shape index (κ1) is 35.9. The first-order chi connectivity index (χ1) is 24.5. The Labute approximate surface area is 292 Å². The predicted octanol–water partition coefficient (Wildman–Crippen LogP) is 4.36. The van der Waals surface area contributed by atoms with E-state index in [-0.39, 0.29) is 57.7 Å². The summed E-state index contributed by atoms with van der Waals surface area (Å²) in [6.45, 7) is 4.99. The number of aromatic nitrogens is 1. The summed E-state index contributed by atoms with van der Waals surface area (Å²) in [6, 6.07) is 13.2. The summed E-state index contributed by atoms with van der Waals surface area (Å²) in [5, 5.41) is 22.9. The largest absolute Gasteiger partial charge is 0.490 e. The molecule has 264 valence electrons. The Morgan fingerprint density at radius 3 is 2.37 bits per heavy atom. The van der Waals surface area contributed by atoms with Gasteiger partial charge in [-0.2, -0.15) is 0 Å². The van der Waals surface area contributed by atoms with Gasteiger partial charge in [-0.3, -0.25) is 29.6 Å². The number of hydrogen-bond acceptors (Lipinski definition) is 14. The van der Waals surface area contributed by atoms with E-state index >= 15 is 0 Å². The van der Waals surface area contributed by atoms with Crippen LogP contribution in [0, 0.1) is 20.2 Å². The van der Waals surface area contributed by atoms with Gasteiger partial charge in [0, 0.05) is 11.6 Å². The highest BCUT2D eigenvalue weighted by Gasteiger charge is 2.34. The summed E-state index contributed by atoms with van der Waals surface area (Å²) < 4.78 is 28.9. The van der Waals surface area contributed by atoms with Crippen LogP contribution in [0.3, 0.4) is 0 Å². The maximum absolute atomic E-state index is 14.2. The third-order valence-electron chi connectivity index (χ3n) is 7.45. The Morgan fingerprint density at radius 2 is 1.69 bits per heavy atom. The normalized spacial score (nSPS) is 13.9. The number of ether oxygens (including phenoxy) is 5. The summed E-state index contributed by atoms with van der Waals surface area (Å²) in [5.74, 6) is -0.900. The topological polar surface area (TPSA) is 201 Å². The molecule has 0 bridgehead atoms. The molecular formula is C34H30N4O12S. The number of nitro benzene ring substituents is 2. The van der Waals surface area contributed by atoms with Crippen molar-refractivity contribution in [3.8, 4) is 23.0 Å². The number of nitro groups is 2. The first-order valence-corrected chi connectivity index (χ1v) is 16.1. The monoisotopic (exact) mass is 718 g/mol. The van der Waals surface area contributed by atoms with Crippen LogP contribution >= 0.6 is 11.3 Å². The minimum Gasteiger partial charge on any atom is -0.490 e. The van der Waals surface area contributed by atoms with Crippen LogP contribution in [0.1, 0.15) is 37.9 Å². The number of carbonyl (C=O) groups excluding carboxylic acids is 2. The van der Waals surface area contributed by atoms with Gasteiger partial charge in [0.05, 0.1) is 58.1 Å². The van der Waals surface area contributed by atoms with E-state index < -0.39 is 44.8 Å². The molecule has 1 aliphatic heterocycles. The molecule has 0 saturated carbocycles. The van der Waals surface area contributed by atoms with E-state index in [0.717, 1.165) is 29.5 Å². The molecule has 0 spiro atoms. The molecule has 0 unspecified atom stereocenters. The maximum atomic E-state index is 14.2. The summed E-state index contributed by atoms with van der Waals surface area (Å²) >= 11 is 1.04. The fraction of sp³-hybridized carbons (Fsp3) is 0.235. The van der Waals surface area contributed by atoms with E-state index in [9.17, 15) is 34.6 Å². The lowest BCUT2D eigenvalue weighted by atomic mass is 9.95. The summed E-state index contributed by atoms with van der Waals surface area (Å²) in [7, 11) is 1.23. The molecule has 4 aromatic rings. The number of non-ortho nitro benzene ring substituents is 1. The number of hydrogen-bond donors (Lipinski definition) is 0. The minimum atomic E-state index is -1.01. The first-order valence-electron chi connectivity index (χ1n) is 15.3. The molecule has 0 amide bonds. The van der Waals surface area contributed by atoms with Gasteiger partial charge < -0.3 is 23.7 Å². The third-order valence-corrected chi connectivity index (χ3v) is 8.43. The zero-order valence-electron chi connectivity index (χ0n) is 27.6. The van der Waals surface area contributed by atoms with Crippen molar-refractivity contribution < 1.29 is 43.1 Å². The van der Waals surface area contributed by atoms with E-state index in [1.807, 2.05) is 0 Å². The molecule has 0 fully saturated rings.